The van der Waals surface area contributed by atoms with Crippen LogP contribution in [0.4, 0.5) is 20.3 Å². The summed E-state index contributed by atoms with van der Waals surface area (Å²) in [6.07, 6.45) is 0. The maximum absolute atomic E-state index is 13.6. The lowest BCUT2D eigenvalue weighted by Gasteiger charge is -2.07. The molecule has 0 bridgehead atoms. The van der Waals surface area contributed by atoms with E-state index in [0.717, 1.165) is 12.1 Å². The highest BCUT2D eigenvalue weighted by atomic mass is 19.1. The van der Waals surface area contributed by atoms with Crippen molar-refractivity contribution in [2.45, 2.75) is 6.92 Å². The fourth-order valence-corrected chi connectivity index (χ4v) is 1.57. The lowest BCUT2D eigenvalue weighted by atomic mass is 10.1. The topological polar surface area (TPSA) is 68.0 Å². The largest absolute Gasteiger partial charge is 0.396 e. The number of benzene rings is 1. The molecule has 0 radical (unpaired) electrons. The zero-order chi connectivity index (χ0) is 14.0. The first-order valence-electron chi connectivity index (χ1n) is 5.47. The Balaban J connectivity index is 2.30. The van der Waals surface area contributed by atoms with E-state index in [1.54, 1.807) is 25.1 Å². The summed E-state index contributed by atoms with van der Waals surface area (Å²) < 4.78 is 26.8. The summed E-state index contributed by atoms with van der Waals surface area (Å²) in [7, 11) is 0. The van der Waals surface area contributed by atoms with Gasteiger partial charge in [0.15, 0.2) is 5.82 Å². The Morgan fingerprint density at radius 2 is 2.05 bits per heavy atom. The van der Waals surface area contributed by atoms with Gasteiger partial charge in [0.25, 0.3) is 5.91 Å². The molecule has 4 nitrogen and oxygen atoms in total. The van der Waals surface area contributed by atoms with Gasteiger partial charge >= 0.3 is 0 Å². The lowest BCUT2D eigenvalue weighted by Crippen LogP contribution is -2.16. The van der Waals surface area contributed by atoms with Gasteiger partial charge in [0.1, 0.15) is 11.6 Å². The molecule has 0 saturated carbocycles. The predicted molar refractivity (Wildman–Crippen MR) is 67.7 cm³/mol. The lowest BCUT2D eigenvalue weighted by molar-refractivity contribution is 0.102. The quantitative estimate of drug-likeness (QED) is 0.818. The molecule has 0 aliphatic rings. The van der Waals surface area contributed by atoms with Gasteiger partial charge in [-0.25, -0.2) is 13.8 Å². The van der Waals surface area contributed by atoms with Crippen LogP contribution in [-0.2, 0) is 0 Å². The molecule has 1 aromatic heterocycles. The molecule has 0 aliphatic carbocycles. The van der Waals surface area contributed by atoms with Crippen LogP contribution in [0.15, 0.2) is 30.3 Å². The minimum absolute atomic E-state index is 0.257. The number of nitrogen functional groups attached to an aromatic ring is 1. The minimum Gasteiger partial charge on any atom is -0.396 e. The van der Waals surface area contributed by atoms with E-state index < -0.39 is 28.8 Å². The van der Waals surface area contributed by atoms with E-state index in [4.69, 9.17) is 5.73 Å². The second kappa shape index (κ2) is 5.01. The number of nitrogens with zero attached hydrogens (tertiary/aromatic N) is 1. The number of amides is 1. The SMILES string of the molecule is Cc1cccc(NC(=O)c2cc(F)cc(N)c2F)n1. The van der Waals surface area contributed by atoms with E-state index in [9.17, 15) is 13.6 Å². The molecular weight excluding hydrogens is 252 g/mol. The highest BCUT2D eigenvalue weighted by Crippen LogP contribution is 2.18. The van der Waals surface area contributed by atoms with Crippen LogP contribution < -0.4 is 11.1 Å². The Morgan fingerprint density at radius 3 is 2.74 bits per heavy atom. The van der Waals surface area contributed by atoms with Crippen LogP contribution in [0.5, 0.6) is 0 Å². The molecule has 2 aromatic rings. The predicted octanol–water partition coefficient (Wildman–Crippen LogP) is 2.50. The third-order valence-corrected chi connectivity index (χ3v) is 2.44. The van der Waals surface area contributed by atoms with Crippen LogP contribution in [0, 0.1) is 18.6 Å². The van der Waals surface area contributed by atoms with E-state index >= 15 is 0 Å². The number of hydrogen-bond acceptors (Lipinski definition) is 3. The van der Waals surface area contributed by atoms with Crippen molar-refractivity contribution >= 4 is 17.4 Å². The van der Waals surface area contributed by atoms with Crippen molar-refractivity contribution in [1.82, 2.24) is 4.98 Å². The van der Waals surface area contributed by atoms with E-state index in [0.29, 0.717) is 5.69 Å². The average molecular weight is 263 g/mol. The second-order valence-electron chi connectivity index (χ2n) is 3.97. The Labute approximate surface area is 108 Å². The van der Waals surface area contributed by atoms with Crippen LogP contribution in [0.2, 0.25) is 0 Å². The van der Waals surface area contributed by atoms with Gasteiger partial charge in [-0.05, 0) is 31.2 Å². The van der Waals surface area contributed by atoms with Gasteiger partial charge in [-0.15, -0.1) is 0 Å². The number of nitrogens with two attached hydrogens (primary N) is 1. The fraction of sp³-hybridized carbons (Fsp3) is 0.0769. The Kier molecular flexibility index (Phi) is 3.41. The van der Waals surface area contributed by atoms with Gasteiger partial charge < -0.3 is 11.1 Å². The normalized spacial score (nSPS) is 10.3. The summed E-state index contributed by atoms with van der Waals surface area (Å²) in [6, 6.07) is 6.59. The van der Waals surface area contributed by atoms with Crippen molar-refractivity contribution in [3.63, 3.8) is 0 Å². The number of rotatable bonds is 2. The average Bonchev–Trinajstić information content (AvgIpc) is 2.33. The molecule has 0 fully saturated rings. The molecule has 0 atom stereocenters. The van der Waals surface area contributed by atoms with Gasteiger partial charge in [0.2, 0.25) is 0 Å². The molecule has 98 valence electrons. The van der Waals surface area contributed by atoms with Crippen LogP contribution >= 0.6 is 0 Å². The standard InChI is InChI=1S/C13H11F2N3O/c1-7-3-2-4-11(17-7)18-13(19)9-5-8(14)6-10(16)12(9)15/h2-6H,16H2,1H3,(H,17,18,19). The molecule has 1 aromatic carbocycles. The van der Waals surface area contributed by atoms with E-state index in [2.05, 4.69) is 10.3 Å². The molecule has 3 N–H and O–H groups in total. The summed E-state index contributed by atoms with van der Waals surface area (Å²) in [4.78, 5) is 15.9. The van der Waals surface area contributed by atoms with Crippen molar-refractivity contribution in [2.24, 2.45) is 0 Å². The van der Waals surface area contributed by atoms with Crippen molar-refractivity contribution in [3.8, 4) is 0 Å². The van der Waals surface area contributed by atoms with Gasteiger partial charge in [0.05, 0.1) is 11.3 Å². The highest BCUT2D eigenvalue weighted by Gasteiger charge is 2.16. The van der Waals surface area contributed by atoms with Crippen molar-refractivity contribution in [1.29, 1.82) is 0 Å². The van der Waals surface area contributed by atoms with Crippen LogP contribution in [0.3, 0.4) is 0 Å². The third-order valence-electron chi connectivity index (χ3n) is 2.44. The molecule has 19 heavy (non-hydrogen) atoms. The number of halogens is 2. The number of anilines is 2. The number of aryl methyl sites for hydroxylation is 1. The van der Waals surface area contributed by atoms with Crippen LogP contribution in [0.1, 0.15) is 16.1 Å². The first-order valence-corrected chi connectivity index (χ1v) is 5.47. The molecule has 0 unspecified atom stereocenters. The fourth-order valence-electron chi connectivity index (χ4n) is 1.57. The van der Waals surface area contributed by atoms with E-state index in [1.165, 1.54) is 0 Å². The monoisotopic (exact) mass is 263 g/mol. The summed E-state index contributed by atoms with van der Waals surface area (Å²) in [5.74, 6) is -2.28. The maximum Gasteiger partial charge on any atom is 0.259 e. The number of aromatic nitrogens is 1. The Bertz CT molecular complexity index is 644. The van der Waals surface area contributed by atoms with Crippen LogP contribution in [0.25, 0.3) is 0 Å². The second-order valence-corrected chi connectivity index (χ2v) is 3.97. The molecular formula is C13H11F2N3O. The zero-order valence-corrected chi connectivity index (χ0v) is 10.1. The Hall–Kier alpha value is -2.50. The van der Waals surface area contributed by atoms with Crippen LogP contribution in [-0.4, -0.2) is 10.9 Å². The maximum atomic E-state index is 13.6. The Morgan fingerprint density at radius 1 is 1.32 bits per heavy atom. The van der Waals surface area contributed by atoms with Crippen molar-refractivity contribution < 1.29 is 13.6 Å². The number of carbonyl (C=O) groups is 1. The number of hydrogen-bond donors (Lipinski definition) is 2. The van der Waals surface area contributed by atoms with E-state index in [-0.39, 0.29) is 5.82 Å². The number of nitrogens with one attached hydrogen (secondary N) is 1. The third kappa shape index (κ3) is 2.85. The molecule has 1 amide bonds. The highest BCUT2D eigenvalue weighted by molar-refractivity contribution is 6.04. The molecule has 0 aliphatic heterocycles. The summed E-state index contributed by atoms with van der Waals surface area (Å²) in [6.45, 7) is 1.75. The molecule has 1 heterocycles. The molecule has 0 saturated heterocycles. The molecule has 2 rings (SSSR count). The summed E-state index contributed by atoms with van der Waals surface area (Å²) >= 11 is 0. The summed E-state index contributed by atoms with van der Waals surface area (Å²) in [5, 5.41) is 2.38. The van der Waals surface area contributed by atoms with E-state index in [1.807, 2.05) is 0 Å². The van der Waals surface area contributed by atoms with Gasteiger partial charge in [-0.2, -0.15) is 0 Å². The van der Waals surface area contributed by atoms with Gasteiger partial charge in [0, 0.05) is 5.69 Å². The summed E-state index contributed by atoms with van der Waals surface area (Å²) in [5.41, 5.74) is 5.09. The zero-order valence-electron chi connectivity index (χ0n) is 10.1. The van der Waals surface area contributed by atoms with Crippen molar-refractivity contribution in [2.75, 3.05) is 11.1 Å². The van der Waals surface area contributed by atoms with Gasteiger partial charge in [-0.3, -0.25) is 4.79 Å². The first kappa shape index (κ1) is 12.9. The number of carbonyl (C=O) groups excluding carboxylic acids is 1. The molecule has 0 spiro atoms. The molecule has 6 heteroatoms. The number of pyridine rings is 1. The smallest absolute Gasteiger partial charge is 0.259 e. The first-order chi connectivity index (χ1) is 8.97. The minimum atomic E-state index is -0.952. The van der Waals surface area contributed by atoms with Crippen molar-refractivity contribution in [3.05, 3.63) is 53.2 Å². The van der Waals surface area contributed by atoms with Gasteiger partial charge in [-0.1, -0.05) is 6.07 Å².